The Kier molecular flexibility index (Phi) is 6.51. The lowest BCUT2D eigenvalue weighted by atomic mass is 9.83. The average Bonchev–Trinajstić information content (AvgIpc) is 3.00. The van der Waals surface area contributed by atoms with Crippen LogP contribution in [0.1, 0.15) is 54.0 Å². The second-order valence-electron chi connectivity index (χ2n) is 8.72. The second-order valence-corrected chi connectivity index (χ2v) is 8.72. The van der Waals surface area contributed by atoms with Crippen molar-refractivity contribution in [3.8, 4) is 23.0 Å². The highest BCUT2D eigenvalue weighted by Gasteiger charge is 2.43. The Hall–Kier alpha value is -2.40. The first kappa shape index (κ1) is 22.3. The average molecular weight is 414 g/mol. The van der Waals surface area contributed by atoms with Crippen LogP contribution in [-0.2, 0) is 6.42 Å². The Labute approximate surface area is 180 Å². The monoisotopic (exact) mass is 413 g/mol. The number of nitrogens with one attached hydrogen (secondary N) is 1. The first-order chi connectivity index (χ1) is 14.2. The SMILES string of the molecule is COc1ccc(CCCNCC2c3c(C)c(O)c(C)c(C)c3OC2(C)C)cc1OC. The van der Waals surface area contributed by atoms with Gasteiger partial charge in [-0.2, -0.15) is 0 Å². The van der Waals surface area contributed by atoms with E-state index in [1.165, 1.54) is 5.56 Å². The normalized spacial score (nSPS) is 16.8. The summed E-state index contributed by atoms with van der Waals surface area (Å²) in [5.74, 6) is 3.06. The molecule has 2 aromatic rings. The minimum absolute atomic E-state index is 0.193. The van der Waals surface area contributed by atoms with Gasteiger partial charge in [0.2, 0.25) is 0 Å². The van der Waals surface area contributed by atoms with Crippen molar-refractivity contribution >= 4 is 0 Å². The molecule has 0 radical (unpaired) electrons. The zero-order chi connectivity index (χ0) is 22.1. The minimum Gasteiger partial charge on any atom is -0.507 e. The standard InChI is InChI=1S/C25H35NO4/c1-15-16(2)24-22(17(3)23(15)27)19(25(4,5)30-24)14-26-12-8-9-18-10-11-20(28-6)21(13-18)29-7/h10-11,13,19,26-27H,8-9,12,14H2,1-7H3. The van der Waals surface area contributed by atoms with Crippen molar-refractivity contribution in [2.45, 2.75) is 59.0 Å². The Morgan fingerprint density at radius 2 is 1.73 bits per heavy atom. The fourth-order valence-corrected chi connectivity index (χ4v) is 4.41. The van der Waals surface area contributed by atoms with Crippen molar-refractivity contribution in [3.05, 3.63) is 46.0 Å². The Bertz CT molecular complexity index is 920. The van der Waals surface area contributed by atoms with E-state index in [1.54, 1.807) is 14.2 Å². The maximum Gasteiger partial charge on any atom is 0.160 e. The third-order valence-corrected chi connectivity index (χ3v) is 6.43. The number of phenolic OH excluding ortho intramolecular Hbond substituents is 1. The summed E-state index contributed by atoms with van der Waals surface area (Å²) in [7, 11) is 3.31. The molecule has 1 aliphatic heterocycles. The molecule has 164 valence electrons. The van der Waals surface area contributed by atoms with Crippen LogP contribution in [0.25, 0.3) is 0 Å². The van der Waals surface area contributed by atoms with E-state index in [2.05, 4.69) is 25.2 Å². The summed E-state index contributed by atoms with van der Waals surface area (Å²) in [6.45, 7) is 12.0. The summed E-state index contributed by atoms with van der Waals surface area (Å²) in [6, 6.07) is 6.08. The molecule has 0 aromatic heterocycles. The van der Waals surface area contributed by atoms with Crippen LogP contribution >= 0.6 is 0 Å². The van der Waals surface area contributed by atoms with Crippen LogP contribution in [0.4, 0.5) is 0 Å². The van der Waals surface area contributed by atoms with Gasteiger partial charge in [-0.25, -0.2) is 0 Å². The molecule has 0 saturated carbocycles. The summed E-state index contributed by atoms with van der Waals surface area (Å²) >= 11 is 0. The van der Waals surface area contributed by atoms with Gasteiger partial charge in [0, 0.05) is 18.0 Å². The molecule has 0 saturated heterocycles. The van der Waals surface area contributed by atoms with Gasteiger partial charge >= 0.3 is 0 Å². The van der Waals surface area contributed by atoms with Crippen LogP contribution in [0.15, 0.2) is 18.2 Å². The number of fused-ring (bicyclic) bond motifs is 1. The van der Waals surface area contributed by atoms with Crippen LogP contribution in [0, 0.1) is 20.8 Å². The van der Waals surface area contributed by atoms with Crippen molar-refractivity contribution in [1.82, 2.24) is 5.32 Å². The zero-order valence-electron chi connectivity index (χ0n) is 19.3. The molecule has 0 aliphatic carbocycles. The zero-order valence-corrected chi connectivity index (χ0v) is 19.3. The maximum atomic E-state index is 10.6. The molecule has 2 aromatic carbocycles. The van der Waals surface area contributed by atoms with E-state index in [4.69, 9.17) is 14.2 Å². The molecule has 1 heterocycles. The third-order valence-electron chi connectivity index (χ3n) is 6.43. The van der Waals surface area contributed by atoms with Crippen molar-refractivity contribution in [2.24, 2.45) is 0 Å². The number of hydrogen-bond acceptors (Lipinski definition) is 5. The van der Waals surface area contributed by atoms with Gasteiger partial charge in [0.15, 0.2) is 11.5 Å². The van der Waals surface area contributed by atoms with E-state index in [1.807, 2.05) is 32.9 Å². The lowest BCUT2D eigenvalue weighted by Crippen LogP contribution is -2.37. The number of aromatic hydroxyl groups is 1. The minimum atomic E-state index is -0.311. The second kappa shape index (κ2) is 8.76. The molecular weight excluding hydrogens is 378 g/mol. The summed E-state index contributed by atoms with van der Waals surface area (Å²) in [5.41, 5.74) is 4.96. The molecule has 1 unspecified atom stereocenters. The van der Waals surface area contributed by atoms with Gasteiger partial charge in [0.1, 0.15) is 17.1 Å². The van der Waals surface area contributed by atoms with Crippen molar-refractivity contribution in [1.29, 1.82) is 0 Å². The molecular formula is C25H35NO4. The molecule has 0 bridgehead atoms. The maximum absolute atomic E-state index is 10.6. The van der Waals surface area contributed by atoms with Gasteiger partial charge in [0.25, 0.3) is 0 Å². The first-order valence-corrected chi connectivity index (χ1v) is 10.6. The Balaban J connectivity index is 1.62. The molecule has 2 N–H and O–H groups in total. The molecule has 0 spiro atoms. The largest absolute Gasteiger partial charge is 0.507 e. The highest BCUT2D eigenvalue weighted by molar-refractivity contribution is 5.61. The lowest BCUT2D eigenvalue weighted by molar-refractivity contribution is 0.108. The van der Waals surface area contributed by atoms with Crippen molar-refractivity contribution < 1.29 is 19.3 Å². The molecule has 3 rings (SSSR count). The molecule has 1 atom stereocenters. The van der Waals surface area contributed by atoms with Crippen LogP contribution < -0.4 is 19.5 Å². The van der Waals surface area contributed by atoms with Crippen LogP contribution in [0.2, 0.25) is 0 Å². The van der Waals surface area contributed by atoms with E-state index < -0.39 is 0 Å². The number of ether oxygens (including phenoxy) is 3. The van der Waals surface area contributed by atoms with Crippen LogP contribution in [0.3, 0.4) is 0 Å². The van der Waals surface area contributed by atoms with Gasteiger partial charge in [-0.15, -0.1) is 0 Å². The third kappa shape index (κ3) is 4.08. The molecule has 5 heteroatoms. The number of benzene rings is 2. The predicted molar refractivity (Wildman–Crippen MR) is 121 cm³/mol. The summed E-state index contributed by atoms with van der Waals surface area (Å²) < 4.78 is 17.0. The van der Waals surface area contributed by atoms with Crippen molar-refractivity contribution in [3.63, 3.8) is 0 Å². The summed E-state index contributed by atoms with van der Waals surface area (Å²) in [4.78, 5) is 0. The summed E-state index contributed by atoms with van der Waals surface area (Å²) in [6.07, 6.45) is 1.99. The van der Waals surface area contributed by atoms with E-state index in [0.717, 1.165) is 65.4 Å². The van der Waals surface area contributed by atoms with Gasteiger partial charge in [0.05, 0.1) is 14.2 Å². The highest BCUT2D eigenvalue weighted by Crippen LogP contribution is 2.51. The van der Waals surface area contributed by atoms with E-state index in [9.17, 15) is 5.11 Å². The lowest BCUT2D eigenvalue weighted by Gasteiger charge is -2.27. The molecule has 0 fully saturated rings. The Morgan fingerprint density at radius 1 is 1.03 bits per heavy atom. The fraction of sp³-hybridized carbons (Fsp3) is 0.520. The Morgan fingerprint density at radius 3 is 2.40 bits per heavy atom. The van der Waals surface area contributed by atoms with E-state index in [-0.39, 0.29) is 11.5 Å². The van der Waals surface area contributed by atoms with E-state index in [0.29, 0.717) is 5.75 Å². The molecule has 5 nitrogen and oxygen atoms in total. The quantitative estimate of drug-likeness (QED) is 0.608. The number of methoxy groups -OCH3 is 2. The number of phenols is 1. The molecule has 1 aliphatic rings. The highest BCUT2D eigenvalue weighted by atomic mass is 16.5. The predicted octanol–water partition coefficient (Wildman–Crippen LogP) is 4.81. The number of rotatable bonds is 8. The smallest absolute Gasteiger partial charge is 0.160 e. The molecule has 30 heavy (non-hydrogen) atoms. The van der Waals surface area contributed by atoms with Gasteiger partial charge in [-0.05, 0) is 88.4 Å². The van der Waals surface area contributed by atoms with E-state index >= 15 is 0 Å². The summed E-state index contributed by atoms with van der Waals surface area (Å²) in [5, 5.41) is 14.2. The number of aryl methyl sites for hydroxylation is 1. The van der Waals surface area contributed by atoms with Gasteiger partial charge in [-0.3, -0.25) is 0 Å². The van der Waals surface area contributed by atoms with Crippen molar-refractivity contribution in [2.75, 3.05) is 27.3 Å². The first-order valence-electron chi connectivity index (χ1n) is 10.6. The van der Waals surface area contributed by atoms with Crippen LogP contribution in [-0.4, -0.2) is 38.0 Å². The topological polar surface area (TPSA) is 60.0 Å². The van der Waals surface area contributed by atoms with Gasteiger partial charge in [-0.1, -0.05) is 6.07 Å². The van der Waals surface area contributed by atoms with Crippen LogP contribution in [0.5, 0.6) is 23.0 Å². The number of hydrogen-bond donors (Lipinski definition) is 2. The fourth-order valence-electron chi connectivity index (χ4n) is 4.41. The van der Waals surface area contributed by atoms with Gasteiger partial charge < -0.3 is 24.6 Å². The molecule has 0 amide bonds.